The molecule has 2 unspecified atom stereocenters. The molecule has 0 radical (unpaired) electrons. The van der Waals surface area contributed by atoms with Crippen molar-refractivity contribution in [3.63, 3.8) is 0 Å². The van der Waals surface area contributed by atoms with E-state index in [2.05, 4.69) is 36.2 Å². The number of nitrogens with one attached hydrogen (secondary N) is 1. The molecule has 0 saturated carbocycles. The summed E-state index contributed by atoms with van der Waals surface area (Å²) in [4.78, 5) is 4.56. The van der Waals surface area contributed by atoms with Crippen LogP contribution in [0.2, 0.25) is 0 Å². The van der Waals surface area contributed by atoms with Crippen molar-refractivity contribution in [2.45, 2.75) is 58.4 Å². The summed E-state index contributed by atoms with van der Waals surface area (Å²) in [5.74, 6) is 2.49. The average molecular weight is 237 g/mol. The molecule has 2 heterocycles. The second-order valence-electron chi connectivity index (χ2n) is 5.38. The molecular formula is C13H23N3O. The highest BCUT2D eigenvalue weighted by molar-refractivity contribution is 4.98. The molecule has 17 heavy (non-hydrogen) atoms. The molecule has 0 aliphatic carbocycles. The molecule has 4 heteroatoms. The Morgan fingerprint density at radius 1 is 1.24 bits per heavy atom. The molecule has 1 aliphatic rings. The first-order chi connectivity index (χ1) is 8.18. The fraction of sp³-hybridized carbons (Fsp3) is 0.846. The number of hydrogen-bond donors (Lipinski definition) is 1. The van der Waals surface area contributed by atoms with Crippen LogP contribution in [0.5, 0.6) is 0 Å². The highest BCUT2D eigenvalue weighted by Crippen LogP contribution is 2.25. The number of nitrogens with zero attached hydrogens (tertiary/aromatic N) is 2. The van der Waals surface area contributed by atoms with Gasteiger partial charge in [-0.2, -0.15) is 4.98 Å². The fourth-order valence-corrected chi connectivity index (χ4v) is 2.11. The van der Waals surface area contributed by atoms with Gasteiger partial charge in [-0.15, -0.1) is 0 Å². The van der Waals surface area contributed by atoms with Gasteiger partial charge in [-0.1, -0.05) is 38.8 Å². The first-order valence-corrected chi connectivity index (χ1v) is 6.75. The summed E-state index contributed by atoms with van der Waals surface area (Å²) in [5, 5.41) is 7.63. The van der Waals surface area contributed by atoms with Gasteiger partial charge in [0, 0.05) is 5.92 Å². The summed E-state index contributed by atoms with van der Waals surface area (Å²) in [5.41, 5.74) is 0. The molecule has 96 valence electrons. The Balaban J connectivity index is 2.06. The van der Waals surface area contributed by atoms with Gasteiger partial charge in [0.25, 0.3) is 0 Å². The molecule has 0 aromatic carbocycles. The van der Waals surface area contributed by atoms with E-state index in [1.165, 1.54) is 19.3 Å². The van der Waals surface area contributed by atoms with Gasteiger partial charge in [0.1, 0.15) is 0 Å². The summed E-state index contributed by atoms with van der Waals surface area (Å²) in [6.45, 7) is 7.56. The first kappa shape index (κ1) is 12.6. The van der Waals surface area contributed by atoms with Crippen LogP contribution in [-0.2, 0) is 0 Å². The van der Waals surface area contributed by atoms with Crippen molar-refractivity contribution in [2.24, 2.45) is 5.92 Å². The standard InChI is InChI=1S/C13H23N3O/c1-9(2)10(3)13-15-12(16-17-13)11-7-5-4-6-8-14-11/h9-11,14H,4-8H2,1-3H3. The van der Waals surface area contributed by atoms with Crippen molar-refractivity contribution in [2.75, 3.05) is 6.54 Å². The van der Waals surface area contributed by atoms with Gasteiger partial charge in [0.2, 0.25) is 5.89 Å². The molecule has 4 nitrogen and oxygen atoms in total. The summed E-state index contributed by atoms with van der Waals surface area (Å²) < 4.78 is 5.38. The van der Waals surface area contributed by atoms with Crippen LogP contribution in [0.15, 0.2) is 4.52 Å². The van der Waals surface area contributed by atoms with E-state index in [-0.39, 0.29) is 6.04 Å². The van der Waals surface area contributed by atoms with Gasteiger partial charge in [0.05, 0.1) is 6.04 Å². The van der Waals surface area contributed by atoms with Crippen molar-refractivity contribution in [3.8, 4) is 0 Å². The van der Waals surface area contributed by atoms with Crippen LogP contribution in [0.1, 0.15) is 70.1 Å². The third-order valence-corrected chi connectivity index (χ3v) is 3.72. The number of rotatable bonds is 3. The normalized spacial score (nSPS) is 23.6. The number of hydrogen-bond acceptors (Lipinski definition) is 4. The Labute approximate surface area is 103 Å². The lowest BCUT2D eigenvalue weighted by atomic mass is 9.98. The Morgan fingerprint density at radius 2 is 2.06 bits per heavy atom. The predicted octanol–water partition coefficient (Wildman–Crippen LogP) is 3.03. The van der Waals surface area contributed by atoms with Crippen molar-refractivity contribution in [1.29, 1.82) is 0 Å². The summed E-state index contributed by atoms with van der Waals surface area (Å²) >= 11 is 0. The third-order valence-electron chi connectivity index (χ3n) is 3.72. The molecule has 1 aliphatic heterocycles. The molecule has 1 fully saturated rings. The molecule has 1 aromatic heterocycles. The van der Waals surface area contributed by atoms with E-state index in [9.17, 15) is 0 Å². The van der Waals surface area contributed by atoms with Crippen LogP contribution >= 0.6 is 0 Å². The minimum atomic E-state index is 0.286. The molecule has 1 saturated heterocycles. The fourth-order valence-electron chi connectivity index (χ4n) is 2.11. The van der Waals surface area contributed by atoms with E-state index < -0.39 is 0 Å². The Morgan fingerprint density at radius 3 is 2.82 bits per heavy atom. The Kier molecular flexibility index (Phi) is 4.15. The highest BCUT2D eigenvalue weighted by atomic mass is 16.5. The van der Waals surface area contributed by atoms with E-state index in [4.69, 9.17) is 4.52 Å². The van der Waals surface area contributed by atoms with Gasteiger partial charge in [-0.05, 0) is 25.3 Å². The highest BCUT2D eigenvalue weighted by Gasteiger charge is 2.22. The molecule has 0 bridgehead atoms. The largest absolute Gasteiger partial charge is 0.339 e. The minimum Gasteiger partial charge on any atom is -0.339 e. The zero-order valence-electron chi connectivity index (χ0n) is 11.1. The van der Waals surface area contributed by atoms with Crippen LogP contribution in [0.3, 0.4) is 0 Å². The molecule has 2 atom stereocenters. The molecule has 0 amide bonds. The zero-order valence-corrected chi connectivity index (χ0v) is 11.1. The lowest BCUT2D eigenvalue weighted by Gasteiger charge is -2.11. The van der Waals surface area contributed by atoms with Crippen molar-refractivity contribution in [3.05, 3.63) is 11.7 Å². The van der Waals surface area contributed by atoms with E-state index in [0.29, 0.717) is 11.8 Å². The van der Waals surface area contributed by atoms with Gasteiger partial charge in [-0.25, -0.2) is 0 Å². The van der Waals surface area contributed by atoms with Gasteiger partial charge in [0.15, 0.2) is 5.82 Å². The first-order valence-electron chi connectivity index (χ1n) is 6.75. The van der Waals surface area contributed by atoms with Crippen molar-refractivity contribution in [1.82, 2.24) is 15.5 Å². The van der Waals surface area contributed by atoms with E-state index in [0.717, 1.165) is 24.7 Å². The summed E-state index contributed by atoms with van der Waals surface area (Å²) in [7, 11) is 0. The minimum absolute atomic E-state index is 0.286. The SMILES string of the molecule is CC(C)C(C)c1nc(C2CCCCCN2)no1. The van der Waals surface area contributed by atoms with E-state index in [1.54, 1.807) is 0 Å². The lowest BCUT2D eigenvalue weighted by molar-refractivity contribution is 0.325. The van der Waals surface area contributed by atoms with Crippen LogP contribution < -0.4 is 5.32 Å². The third kappa shape index (κ3) is 3.06. The zero-order chi connectivity index (χ0) is 12.3. The molecule has 1 N–H and O–H groups in total. The Hall–Kier alpha value is -0.900. The average Bonchev–Trinajstić information content (AvgIpc) is 2.64. The van der Waals surface area contributed by atoms with Crippen LogP contribution in [0.25, 0.3) is 0 Å². The van der Waals surface area contributed by atoms with Gasteiger partial charge in [-0.3, -0.25) is 0 Å². The maximum absolute atomic E-state index is 5.38. The maximum Gasteiger partial charge on any atom is 0.229 e. The number of aromatic nitrogens is 2. The van der Waals surface area contributed by atoms with E-state index >= 15 is 0 Å². The molecule has 0 spiro atoms. The monoisotopic (exact) mass is 237 g/mol. The summed E-state index contributed by atoms with van der Waals surface area (Å²) in [6, 6.07) is 0.286. The van der Waals surface area contributed by atoms with Gasteiger partial charge >= 0.3 is 0 Å². The Bertz CT molecular complexity index is 340. The van der Waals surface area contributed by atoms with E-state index in [1.807, 2.05) is 0 Å². The smallest absolute Gasteiger partial charge is 0.229 e. The quantitative estimate of drug-likeness (QED) is 0.878. The van der Waals surface area contributed by atoms with Crippen LogP contribution in [-0.4, -0.2) is 16.7 Å². The predicted molar refractivity (Wildman–Crippen MR) is 66.8 cm³/mol. The van der Waals surface area contributed by atoms with Crippen LogP contribution in [0.4, 0.5) is 0 Å². The molecule has 2 rings (SSSR count). The second-order valence-corrected chi connectivity index (χ2v) is 5.38. The van der Waals surface area contributed by atoms with Gasteiger partial charge < -0.3 is 9.84 Å². The lowest BCUT2D eigenvalue weighted by Crippen LogP contribution is -2.21. The van der Waals surface area contributed by atoms with Crippen molar-refractivity contribution >= 4 is 0 Å². The summed E-state index contributed by atoms with van der Waals surface area (Å²) in [6.07, 6.45) is 4.93. The van der Waals surface area contributed by atoms with Crippen molar-refractivity contribution < 1.29 is 4.52 Å². The molecule has 1 aromatic rings. The van der Waals surface area contributed by atoms with Crippen LogP contribution in [0, 0.1) is 5.92 Å². The maximum atomic E-state index is 5.38. The second kappa shape index (κ2) is 5.63. The topological polar surface area (TPSA) is 51.0 Å². The molecular weight excluding hydrogens is 214 g/mol.